The van der Waals surface area contributed by atoms with E-state index in [-0.39, 0.29) is 11.4 Å². The molecule has 2 rings (SSSR count). The highest BCUT2D eigenvalue weighted by atomic mass is 19.1. The van der Waals surface area contributed by atoms with Crippen molar-refractivity contribution in [1.29, 1.82) is 0 Å². The molecular weight excluding hydrogens is 257 g/mol. The fraction of sp³-hybridized carbons (Fsp3) is 0.562. The lowest BCUT2D eigenvalue weighted by molar-refractivity contribution is 0.0696. The first-order chi connectivity index (χ1) is 9.66. The number of nitrogens with one attached hydrogen (secondary N) is 1. The molecule has 1 aromatic carbocycles. The van der Waals surface area contributed by atoms with Crippen molar-refractivity contribution in [2.24, 2.45) is 5.92 Å². The predicted molar refractivity (Wildman–Crippen MR) is 76.3 cm³/mol. The third-order valence-electron chi connectivity index (χ3n) is 4.05. The van der Waals surface area contributed by atoms with E-state index in [0.29, 0.717) is 12.1 Å². The molecule has 0 heterocycles. The third kappa shape index (κ3) is 4.30. The zero-order valence-corrected chi connectivity index (χ0v) is 11.7. The average Bonchev–Trinajstić information content (AvgIpc) is 2.93. The number of hydrogen-bond donors (Lipinski definition) is 2. The lowest BCUT2D eigenvalue weighted by atomic mass is 10.0. The smallest absolute Gasteiger partial charge is 0.335 e. The highest BCUT2D eigenvalue weighted by Gasteiger charge is 2.14. The first kappa shape index (κ1) is 15.0. The van der Waals surface area contributed by atoms with Crippen LogP contribution in [0.2, 0.25) is 0 Å². The van der Waals surface area contributed by atoms with Gasteiger partial charge in [0.2, 0.25) is 0 Å². The Labute approximate surface area is 119 Å². The molecule has 1 aliphatic rings. The van der Waals surface area contributed by atoms with Crippen LogP contribution in [-0.4, -0.2) is 17.6 Å². The Morgan fingerprint density at radius 3 is 2.80 bits per heavy atom. The lowest BCUT2D eigenvalue weighted by Gasteiger charge is -2.10. The molecule has 0 amide bonds. The average molecular weight is 279 g/mol. The van der Waals surface area contributed by atoms with E-state index in [1.54, 1.807) is 0 Å². The molecule has 0 saturated heterocycles. The standard InChI is InChI=1S/C16H22FNO2/c17-15-8-7-13(16(19)20)10-14(15)11-18-9-3-6-12-4-1-2-5-12/h7-8,10,12,18H,1-6,9,11H2,(H,19,20). The molecule has 1 aromatic rings. The second-order valence-electron chi connectivity index (χ2n) is 5.58. The second-order valence-corrected chi connectivity index (χ2v) is 5.58. The molecule has 0 radical (unpaired) electrons. The number of carboxylic acids is 1. The predicted octanol–water partition coefficient (Wildman–Crippen LogP) is 3.58. The Balaban J connectivity index is 1.72. The van der Waals surface area contributed by atoms with Crippen molar-refractivity contribution in [2.45, 2.75) is 45.1 Å². The molecule has 1 saturated carbocycles. The molecule has 4 heteroatoms. The van der Waals surface area contributed by atoms with Gasteiger partial charge in [0.15, 0.2) is 0 Å². The van der Waals surface area contributed by atoms with Crippen LogP contribution in [0.1, 0.15) is 54.4 Å². The third-order valence-corrected chi connectivity index (χ3v) is 4.05. The summed E-state index contributed by atoms with van der Waals surface area (Å²) < 4.78 is 13.6. The van der Waals surface area contributed by atoms with E-state index in [9.17, 15) is 9.18 Å². The Morgan fingerprint density at radius 1 is 1.35 bits per heavy atom. The molecule has 0 atom stereocenters. The van der Waals surface area contributed by atoms with Gasteiger partial charge in [-0.15, -0.1) is 0 Å². The van der Waals surface area contributed by atoms with Gasteiger partial charge in [0.1, 0.15) is 5.82 Å². The van der Waals surface area contributed by atoms with Gasteiger partial charge in [-0.1, -0.05) is 25.7 Å². The number of halogens is 1. The topological polar surface area (TPSA) is 49.3 Å². The molecule has 110 valence electrons. The minimum atomic E-state index is -1.02. The molecule has 0 aliphatic heterocycles. The minimum Gasteiger partial charge on any atom is -0.478 e. The normalized spacial score (nSPS) is 15.7. The molecule has 1 fully saturated rings. The van der Waals surface area contributed by atoms with Crippen molar-refractivity contribution < 1.29 is 14.3 Å². The van der Waals surface area contributed by atoms with E-state index in [4.69, 9.17) is 5.11 Å². The number of rotatable bonds is 7. The Kier molecular flexibility index (Phi) is 5.53. The van der Waals surface area contributed by atoms with Crippen molar-refractivity contribution in [1.82, 2.24) is 5.32 Å². The maximum absolute atomic E-state index is 13.6. The first-order valence-corrected chi connectivity index (χ1v) is 7.39. The maximum Gasteiger partial charge on any atom is 0.335 e. The van der Waals surface area contributed by atoms with Gasteiger partial charge in [-0.05, 0) is 43.5 Å². The quantitative estimate of drug-likeness (QED) is 0.750. The van der Waals surface area contributed by atoms with E-state index in [0.717, 1.165) is 18.9 Å². The Morgan fingerprint density at radius 2 is 2.10 bits per heavy atom. The highest BCUT2D eigenvalue weighted by molar-refractivity contribution is 5.87. The molecule has 0 bridgehead atoms. The monoisotopic (exact) mass is 279 g/mol. The minimum absolute atomic E-state index is 0.133. The fourth-order valence-corrected chi connectivity index (χ4v) is 2.88. The van der Waals surface area contributed by atoms with Crippen LogP contribution in [0.4, 0.5) is 4.39 Å². The summed E-state index contributed by atoms with van der Waals surface area (Å²) in [6, 6.07) is 3.92. The Bertz CT molecular complexity index is 456. The first-order valence-electron chi connectivity index (χ1n) is 7.39. The summed E-state index contributed by atoms with van der Waals surface area (Å²) in [6.45, 7) is 1.24. The van der Waals surface area contributed by atoms with Crippen molar-refractivity contribution in [2.75, 3.05) is 6.54 Å². The van der Waals surface area contributed by atoms with Crippen molar-refractivity contribution >= 4 is 5.97 Å². The number of carbonyl (C=O) groups is 1. The van der Waals surface area contributed by atoms with Crippen LogP contribution in [0.25, 0.3) is 0 Å². The van der Waals surface area contributed by atoms with Gasteiger partial charge < -0.3 is 10.4 Å². The van der Waals surface area contributed by atoms with Crippen LogP contribution in [-0.2, 0) is 6.54 Å². The van der Waals surface area contributed by atoms with Crippen LogP contribution in [0, 0.1) is 11.7 Å². The van der Waals surface area contributed by atoms with Gasteiger partial charge in [-0.2, -0.15) is 0 Å². The molecular formula is C16H22FNO2. The molecule has 0 unspecified atom stereocenters. The molecule has 1 aliphatic carbocycles. The summed E-state index contributed by atoms with van der Waals surface area (Å²) in [5.41, 5.74) is 0.555. The van der Waals surface area contributed by atoms with E-state index >= 15 is 0 Å². The SMILES string of the molecule is O=C(O)c1ccc(F)c(CNCCCC2CCCC2)c1. The number of hydrogen-bond acceptors (Lipinski definition) is 2. The molecule has 2 N–H and O–H groups in total. The molecule has 0 aromatic heterocycles. The summed E-state index contributed by atoms with van der Waals surface area (Å²) in [5.74, 6) is -0.491. The van der Waals surface area contributed by atoms with Crippen LogP contribution in [0.15, 0.2) is 18.2 Å². The van der Waals surface area contributed by atoms with E-state index in [2.05, 4.69) is 5.32 Å². The van der Waals surface area contributed by atoms with Crippen LogP contribution >= 0.6 is 0 Å². The number of benzene rings is 1. The zero-order chi connectivity index (χ0) is 14.4. The number of aromatic carboxylic acids is 1. The van der Waals surface area contributed by atoms with E-state index in [1.807, 2.05) is 0 Å². The maximum atomic E-state index is 13.6. The zero-order valence-electron chi connectivity index (χ0n) is 11.7. The van der Waals surface area contributed by atoms with Gasteiger partial charge >= 0.3 is 5.97 Å². The fourth-order valence-electron chi connectivity index (χ4n) is 2.88. The van der Waals surface area contributed by atoms with Crippen molar-refractivity contribution in [3.8, 4) is 0 Å². The van der Waals surface area contributed by atoms with Gasteiger partial charge in [0.05, 0.1) is 5.56 Å². The highest BCUT2D eigenvalue weighted by Crippen LogP contribution is 2.28. The Hall–Kier alpha value is -1.42. The van der Waals surface area contributed by atoms with Crippen molar-refractivity contribution in [3.05, 3.63) is 35.1 Å². The lowest BCUT2D eigenvalue weighted by Crippen LogP contribution is -2.17. The van der Waals surface area contributed by atoms with Gasteiger partial charge in [-0.25, -0.2) is 9.18 Å². The van der Waals surface area contributed by atoms with Gasteiger partial charge in [0, 0.05) is 12.1 Å². The summed E-state index contributed by atoms with van der Waals surface area (Å²) >= 11 is 0. The summed E-state index contributed by atoms with van der Waals surface area (Å²) in [7, 11) is 0. The van der Waals surface area contributed by atoms with Gasteiger partial charge in [0.25, 0.3) is 0 Å². The molecule has 0 spiro atoms. The second kappa shape index (κ2) is 7.39. The van der Waals surface area contributed by atoms with Gasteiger partial charge in [-0.3, -0.25) is 0 Å². The largest absolute Gasteiger partial charge is 0.478 e. The van der Waals surface area contributed by atoms with Crippen LogP contribution in [0.5, 0.6) is 0 Å². The summed E-state index contributed by atoms with van der Waals surface area (Å²) in [6.07, 6.45) is 7.79. The van der Waals surface area contributed by atoms with E-state index in [1.165, 1.54) is 50.3 Å². The summed E-state index contributed by atoms with van der Waals surface area (Å²) in [5, 5.41) is 12.1. The van der Waals surface area contributed by atoms with Crippen molar-refractivity contribution in [3.63, 3.8) is 0 Å². The summed E-state index contributed by atoms with van der Waals surface area (Å²) in [4.78, 5) is 10.8. The molecule has 3 nitrogen and oxygen atoms in total. The number of carboxylic acid groups (broad SMARTS) is 1. The van der Waals surface area contributed by atoms with E-state index < -0.39 is 5.97 Å². The van der Waals surface area contributed by atoms with Crippen LogP contribution < -0.4 is 5.32 Å². The molecule has 20 heavy (non-hydrogen) atoms. The van der Waals surface area contributed by atoms with Crippen LogP contribution in [0.3, 0.4) is 0 Å².